The van der Waals surface area contributed by atoms with E-state index in [0.717, 1.165) is 22.0 Å². The summed E-state index contributed by atoms with van der Waals surface area (Å²) in [4.78, 5) is 3.96. The van der Waals surface area contributed by atoms with Gasteiger partial charge in [0.25, 0.3) is 0 Å². The molecule has 2 nitrogen and oxygen atoms in total. The highest BCUT2D eigenvalue weighted by Crippen LogP contribution is 2.19. The minimum atomic E-state index is -0.232. The van der Waals surface area contributed by atoms with Crippen molar-refractivity contribution in [2.75, 3.05) is 0 Å². The maximum Gasteiger partial charge on any atom is 0.123 e. The third-order valence-electron chi connectivity index (χ3n) is 2.74. The fourth-order valence-corrected chi connectivity index (χ4v) is 2.28. The smallest absolute Gasteiger partial charge is 0.123 e. The summed E-state index contributed by atoms with van der Waals surface area (Å²) in [6.45, 7) is 0. The normalized spacial score (nSPS) is 12.4. The molecule has 0 aliphatic carbocycles. The summed E-state index contributed by atoms with van der Waals surface area (Å²) in [5, 5.41) is 0. The average molecular weight is 309 g/mol. The molecule has 0 aliphatic heterocycles. The van der Waals surface area contributed by atoms with Gasteiger partial charge in [-0.3, -0.25) is 4.98 Å². The summed E-state index contributed by atoms with van der Waals surface area (Å²) < 4.78 is 14.1. The van der Waals surface area contributed by atoms with Gasteiger partial charge in [0.1, 0.15) is 5.82 Å². The van der Waals surface area contributed by atoms with Crippen molar-refractivity contribution < 1.29 is 4.39 Å². The number of hydrogen-bond acceptors (Lipinski definition) is 2. The van der Waals surface area contributed by atoms with Crippen LogP contribution in [0.25, 0.3) is 0 Å². The molecule has 0 fully saturated rings. The quantitative estimate of drug-likeness (QED) is 0.942. The number of benzene rings is 1. The average Bonchev–Trinajstić information content (AvgIpc) is 2.35. The van der Waals surface area contributed by atoms with Gasteiger partial charge in [-0.25, -0.2) is 4.39 Å². The molecule has 4 heteroatoms. The lowest BCUT2D eigenvalue weighted by atomic mass is 10.0. The van der Waals surface area contributed by atoms with Gasteiger partial charge in [0.15, 0.2) is 0 Å². The summed E-state index contributed by atoms with van der Waals surface area (Å²) in [6, 6.07) is 8.52. The predicted molar refractivity (Wildman–Crippen MR) is 73.7 cm³/mol. The fraction of sp³-hybridized carbons (Fsp3) is 0.214. The summed E-state index contributed by atoms with van der Waals surface area (Å²) in [7, 11) is 0. The van der Waals surface area contributed by atoms with Gasteiger partial charge >= 0.3 is 0 Å². The van der Waals surface area contributed by atoms with E-state index >= 15 is 0 Å². The Morgan fingerprint density at radius 1 is 1.17 bits per heavy atom. The molecule has 0 radical (unpaired) electrons. The van der Waals surface area contributed by atoms with Crippen molar-refractivity contribution >= 4 is 15.9 Å². The molecule has 2 aromatic rings. The zero-order valence-corrected chi connectivity index (χ0v) is 11.4. The molecule has 0 spiro atoms. The Hall–Kier alpha value is -1.26. The monoisotopic (exact) mass is 308 g/mol. The van der Waals surface area contributed by atoms with Crippen LogP contribution >= 0.6 is 15.9 Å². The Bertz CT molecular complexity index is 516. The molecule has 1 atom stereocenters. The number of aromatic nitrogens is 1. The second kappa shape index (κ2) is 6.07. The molecule has 0 aliphatic rings. The number of pyridine rings is 1. The minimum absolute atomic E-state index is 0.0366. The van der Waals surface area contributed by atoms with Gasteiger partial charge in [0, 0.05) is 22.9 Å². The Morgan fingerprint density at radius 3 is 2.61 bits per heavy atom. The van der Waals surface area contributed by atoms with E-state index in [0.29, 0.717) is 6.42 Å². The molecule has 2 N–H and O–H groups in total. The molecule has 0 bridgehead atoms. The van der Waals surface area contributed by atoms with Crippen molar-refractivity contribution in [3.63, 3.8) is 0 Å². The van der Waals surface area contributed by atoms with Crippen LogP contribution < -0.4 is 5.73 Å². The Balaban J connectivity index is 2.03. The van der Waals surface area contributed by atoms with Crippen molar-refractivity contribution in [2.45, 2.75) is 18.9 Å². The van der Waals surface area contributed by atoms with Crippen LogP contribution in [0.4, 0.5) is 4.39 Å². The summed E-state index contributed by atoms with van der Waals surface area (Å²) in [5.41, 5.74) is 8.14. The van der Waals surface area contributed by atoms with Gasteiger partial charge < -0.3 is 5.73 Å². The standard InChI is InChI=1S/C14H14BrFN2/c15-14-2-1-12(16)8-11(14)9-13(17)7-10-3-5-18-6-4-10/h1-6,8,13H,7,9,17H2. The van der Waals surface area contributed by atoms with Crippen LogP contribution in [0.15, 0.2) is 47.2 Å². The second-order valence-electron chi connectivity index (χ2n) is 4.26. The summed E-state index contributed by atoms with van der Waals surface area (Å²) in [5.74, 6) is -0.232. The molecule has 0 saturated carbocycles. The Morgan fingerprint density at radius 2 is 1.89 bits per heavy atom. The van der Waals surface area contributed by atoms with E-state index < -0.39 is 0 Å². The molecule has 1 aromatic heterocycles. The highest BCUT2D eigenvalue weighted by molar-refractivity contribution is 9.10. The molecule has 1 heterocycles. The maximum atomic E-state index is 13.2. The minimum Gasteiger partial charge on any atom is -0.327 e. The first-order valence-corrected chi connectivity index (χ1v) is 6.53. The van der Waals surface area contributed by atoms with E-state index in [1.54, 1.807) is 18.5 Å². The Labute approximate surface area is 114 Å². The van der Waals surface area contributed by atoms with E-state index in [-0.39, 0.29) is 11.9 Å². The molecule has 0 amide bonds. The number of hydrogen-bond donors (Lipinski definition) is 1. The molecule has 1 aromatic carbocycles. The third-order valence-corrected chi connectivity index (χ3v) is 3.51. The van der Waals surface area contributed by atoms with Crippen LogP contribution in [0.3, 0.4) is 0 Å². The largest absolute Gasteiger partial charge is 0.327 e. The van der Waals surface area contributed by atoms with Crippen molar-refractivity contribution in [3.8, 4) is 0 Å². The van der Waals surface area contributed by atoms with Crippen LogP contribution in [-0.4, -0.2) is 11.0 Å². The van der Waals surface area contributed by atoms with Gasteiger partial charge in [0.05, 0.1) is 0 Å². The first-order valence-electron chi connectivity index (χ1n) is 5.73. The van der Waals surface area contributed by atoms with Crippen LogP contribution in [0.5, 0.6) is 0 Å². The van der Waals surface area contributed by atoms with Crippen LogP contribution in [-0.2, 0) is 12.8 Å². The highest BCUT2D eigenvalue weighted by Gasteiger charge is 2.09. The van der Waals surface area contributed by atoms with Crippen molar-refractivity contribution in [1.29, 1.82) is 0 Å². The SMILES string of the molecule is NC(Cc1ccncc1)Cc1cc(F)ccc1Br. The first-order chi connectivity index (χ1) is 8.65. The molecular formula is C14H14BrFN2. The van der Waals surface area contributed by atoms with Gasteiger partial charge in [-0.15, -0.1) is 0 Å². The number of halogens is 2. The lowest BCUT2D eigenvalue weighted by Crippen LogP contribution is -2.25. The molecular weight excluding hydrogens is 295 g/mol. The molecule has 18 heavy (non-hydrogen) atoms. The van der Waals surface area contributed by atoms with Gasteiger partial charge in [-0.2, -0.15) is 0 Å². The van der Waals surface area contributed by atoms with Gasteiger partial charge in [-0.1, -0.05) is 15.9 Å². The topological polar surface area (TPSA) is 38.9 Å². The van der Waals surface area contributed by atoms with Crippen LogP contribution in [0, 0.1) is 5.82 Å². The maximum absolute atomic E-state index is 13.2. The van der Waals surface area contributed by atoms with E-state index in [9.17, 15) is 4.39 Å². The fourth-order valence-electron chi connectivity index (χ4n) is 1.88. The third kappa shape index (κ3) is 3.62. The molecule has 0 saturated heterocycles. The van der Waals surface area contributed by atoms with Crippen molar-refractivity contribution in [2.24, 2.45) is 5.73 Å². The number of rotatable bonds is 4. The first kappa shape index (κ1) is 13.2. The zero-order chi connectivity index (χ0) is 13.0. The highest BCUT2D eigenvalue weighted by atomic mass is 79.9. The second-order valence-corrected chi connectivity index (χ2v) is 5.11. The van der Waals surface area contributed by atoms with Crippen LogP contribution in [0.2, 0.25) is 0 Å². The molecule has 1 unspecified atom stereocenters. The molecule has 94 valence electrons. The van der Waals surface area contributed by atoms with E-state index in [1.165, 1.54) is 12.1 Å². The summed E-state index contributed by atoms with van der Waals surface area (Å²) in [6.07, 6.45) is 4.90. The van der Waals surface area contributed by atoms with Crippen LogP contribution in [0.1, 0.15) is 11.1 Å². The number of nitrogens with zero attached hydrogens (tertiary/aromatic N) is 1. The van der Waals surface area contributed by atoms with E-state index in [2.05, 4.69) is 20.9 Å². The molecule has 2 rings (SSSR count). The summed E-state index contributed by atoms with van der Waals surface area (Å²) >= 11 is 3.41. The predicted octanol–water partition coefficient (Wildman–Crippen LogP) is 3.10. The van der Waals surface area contributed by atoms with Crippen molar-refractivity contribution in [1.82, 2.24) is 4.98 Å². The van der Waals surface area contributed by atoms with E-state index in [4.69, 9.17) is 5.73 Å². The lowest BCUT2D eigenvalue weighted by molar-refractivity contribution is 0.617. The number of nitrogens with two attached hydrogens (primary N) is 1. The Kier molecular flexibility index (Phi) is 4.44. The van der Waals surface area contributed by atoms with E-state index in [1.807, 2.05) is 12.1 Å². The zero-order valence-electron chi connectivity index (χ0n) is 9.81. The van der Waals surface area contributed by atoms with Crippen molar-refractivity contribution in [3.05, 3.63) is 64.1 Å². The van der Waals surface area contributed by atoms with Gasteiger partial charge in [0.2, 0.25) is 0 Å². The van der Waals surface area contributed by atoms with Gasteiger partial charge in [-0.05, 0) is 54.3 Å². The lowest BCUT2D eigenvalue weighted by Gasteiger charge is -2.13.